The second-order valence-electron chi connectivity index (χ2n) is 6.33. The van der Waals surface area contributed by atoms with E-state index in [9.17, 15) is 9.90 Å². The number of carboxylic acid groups (broad SMARTS) is 1. The SMILES string of the molecule is Cc1nc(-c2ccc3[nH]c(C4CCCC4)c(Cl)c3c2)sc1C(=O)O. The number of nitrogens with one attached hydrogen (secondary N) is 1. The maximum absolute atomic E-state index is 11.2. The van der Waals surface area contributed by atoms with Crippen LogP contribution in [0.5, 0.6) is 0 Å². The fourth-order valence-electron chi connectivity index (χ4n) is 3.53. The maximum Gasteiger partial charge on any atom is 0.347 e. The molecule has 4 rings (SSSR count). The van der Waals surface area contributed by atoms with Crippen molar-refractivity contribution in [2.45, 2.75) is 38.5 Å². The van der Waals surface area contributed by atoms with Crippen molar-refractivity contribution in [1.29, 1.82) is 0 Å². The van der Waals surface area contributed by atoms with Gasteiger partial charge in [-0.2, -0.15) is 0 Å². The molecule has 2 N–H and O–H groups in total. The number of H-pyrrole nitrogens is 1. The number of rotatable bonds is 3. The van der Waals surface area contributed by atoms with Gasteiger partial charge in [-0.05, 0) is 38.0 Å². The molecule has 0 amide bonds. The first-order valence-corrected chi connectivity index (χ1v) is 9.26. The molecule has 1 aromatic carbocycles. The molecule has 0 atom stereocenters. The van der Waals surface area contributed by atoms with Crippen LogP contribution in [0.25, 0.3) is 21.5 Å². The molecule has 0 unspecified atom stereocenters. The molecular formula is C18H17ClN2O2S. The van der Waals surface area contributed by atoms with Gasteiger partial charge < -0.3 is 10.1 Å². The van der Waals surface area contributed by atoms with Crippen molar-refractivity contribution >= 4 is 39.8 Å². The van der Waals surface area contributed by atoms with Gasteiger partial charge in [0.2, 0.25) is 0 Å². The Labute approximate surface area is 148 Å². The summed E-state index contributed by atoms with van der Waals surface area (Å²) >= 11 is 7.84. The predicted molar refractivity (Wildman–Crippen MR) is 97.3 cm³/mol. The zero-order chi connectivity index (χ0) is 16.8. The Morgan fingerprint density at radius 2 is 2.12 bits per heavy atom. The van der Waals surface area contributed by atoms with Crippen LogP contribution >= 0.6 is 22.9 Å². The lowest BCUT2D eigenvalue weighted by Gasteiger charge is -2.06. The Balaban J connectivity index is 1.79. The number of thiazole rings is 1. The largest absolute Gasteiger partial charge is 0.477 e. The van der Waals surface area contributed by atoms with E-state index in [1.54, 1.807) is 6.92 Å². The van der Waals surface area contributed by atoms with Crippen LogP contribution < -0.4 is 0 Å². The molecular weight excluding hydrogens is 344 g/mol. The number of aromatic amines is 1. The number of carbonyl (C=O) groups is 1. The average Bonchev–Trinajstić information content (AvgIpc) is 3.26. The molecule has 0 radical (unpaired) electrons. The molecule has 0 bridgehead atoms. The number of aromatic nitrogens is 2. The fourth-order valence-corrected chi connectivity index (χ4v) is 4.79. The second-order valence-corrected chi connectivity index (χ2v) is 7.71. The summed E-state index contributed by atoms with van der Waals surface area (Å²) in [6.45, 7) is 1.73. The maximum atomic E-state index is 11.2. The lowest BCUT2D eigenvalue weighted by atomic mass is 10.0. The van der Waals surface area contributed by atoms with Gasteiger partial charge in [0.1, 0.15) is 9.88 Å². The van der Waals surface area contributed by atoms with E-state index in [0.29, 0.717) is 16.6 Å². The molecule has 124 valence electrons. The van der Waals surface area contributed by atoms with E-state index in [-0.39, 0.29) is 4.88 Å². The quantitative estimate of drug-likeness (QED) is 0.638. The molecule has 1 aliphatic carbocycles. The van der Waals surface area contributed by atoms with Gasteiger partial charge >= 0.3 is 5.97 Å². The molecule has 4 nitrogen and oxygen atoms in total. The van der Waals surface area contributed by atoms with Crippen molar-refractivity contribution in [2.75, 3.05) is 0 Å². The van der Waals surface area contributed by atoms with Crippen LogP contribution in [0.3, 0.4) is 0 Å². The Kier molecular flexibility index (Phi) is 3.85. The average molecular weight is 361 g/mol. The summed E-state index contributed by atoms with van der Waals surface area (Å²) in [6.07, 6.45) is 4.90. The van der Waals surface area contributed by atoms with Gasteiger partial charge in [-0.25, -0.2) is 9.78 Å². The molecule has 2 aromatic heterocycles. The number of carboxylic acids is 1. The van der Waals surface area contributed by atoms with Gasteiger partial charge in [0, 0.05) is 28.1 Å². The van der Waals surface area contributed by atoms with Crippen molar-refractivity contribution in [3.05, 3.63) is 39.5 Å². The smallest absolute Gasteiger partial charge is 0.347 e. The lowest BCUT2D eigenvalue weighted by Crippen LogP contribution is -1.94. The third-order valence-electron chi connectivity index (χ3n) is 4.76. The standard InChI is InChI=1S/C18H17ClN2O2S/c1-9-16(18(22)23)24-17(20-9)11-6-7-13-12(8-11)14(19)15(21-13)10-4-2-3-5-10/h6-8,10,21H,2-5H2,1H3,(H,22,23). The van der Waals surface area contributed by atoms with Gasteiger partial charge in [0.05, 0.1) is 10.7 Å². The first kappa shape index (κ1) is 15.7. The zero-order valence-corrected chi connectivity index (χ0v) is 14.8. The van der Waals surface area contributed by atoms with Crippen molar-refractivity contribution in [3.8, 4) is 10.6 Å². The van der Waals surface area contributed by atoms with Crippen LogP contribution in [-0.2, 0) is 0 Å². The van der Waals surface area contributed by atoms with Crippen molar-refractivity contribution in [1.82, 2.24) is 9.97 Å². The summed E-state index contributed by atoms with van der Waals surface area (Å²) in [5, 5.41) is 11.7. The lowest BCUT2D eigenvalue weighted by molar-refractivity contribution is 0.0701. The highest BCUT2D eigenvalue weighted by molar-refractivity contribution is 7.17. The van der Waals surface area contributed by atoms with Crippen LogP contribution in [0.4, 0.5) is 0 Å². The summed E-state index contributed by atoms with van der Waals surface area (Å²) in [5.41, 5.74) is 3.62. The Hall–Kier alpha value is -1.85. The Morgan fingerprint density at radius 1 is 1.38 bits per heavy atom. The number of aryl methyl sites for hydroxylation is 1. The normalized spacial score (nSPS) is 15.4. The molecule has 0 saturated heterocycles. The molecule has 3 aromatic rings. The third kappa shape index (κ3) is 2.52. The van der Waals surface area contributed by atoms with Crippen LogP contribution in [-0.4, -0.2) is 21.0 Å². The predicted octanol–water partition coefficient (Wildman–Crippen LogP) is 5.61. The van der Waals surface area contributed by atoms with Gasteiger partial charge in [0.15, 0.2) is 0 Å². The Bertz CT molecular complexity index is 938. The van der Waals surface area contributed by atoms with Crippen molar-refractivity contribution in [3.63, 3.8) is 0 Å². The number of benzene rings is 1. The minimum Gasteiger partial charge on any atom is -0.477 e. The molecule has 1 aliphatic rings. The third-order valence-corrected chi connectivity index (χ3v) is 6.36. The molecule has 1 fully saturated rings. The summed E-state index contributed by atoms with van der Waals surface area (Å²) < 4.78 is 0. The molecule has 0 spiro atoms. The van der Waals surface area contributed by atoms with E-state index in [2.05, 4.69) is 9.97 Å². The summed E-state index contributed by atoms with van der Waals surface area (Å²) in [7, 11) is 0. The highest BCUT2D eigenvalue weighted by Gasteiger charge is 2.23. The zero-order valence-electron chi connectivity index (χ0n) is 13.2. The topological polar surface area (TPSA) is 66.0 Å². The first-order valence-electron chi connectivity index (χ1n) is 8.07. The van der Waals surface area contributed by atoms with E-state index in [1.165, 1.54) is 37.0 Å². The number of fused-ring (bicyclic) bond motifs is 1. The van der Waals surface area contributed by atoms with E-state index in [4.69, 9.17) is 11.6 Å². The molecule has 24 heavy (non-hydrogen) atoms. The first-order chi connectivity index (χ1) is 11.5. The van der Waals surface area contributed by atoms with Crippen molar-refractivity contribution in [2.24, 2.45) is 0 Å². The monoisotopic (exact) mass is 360 g/mol. The van der Waals surface area contributed by atoms with E-state index in [0.717, 1.165) is 27.2 Å². The van der Waals surface area contributed by atoms with Gasteiger partial charge in [-0.1, -0.05) is 24.4 Å². The summed E-state index contributed by atoms with van der Waals surface area (Å²) in [5.74, 6) is -0.408. The Morgan fingerprint density at radius 3 is 2.79 bits per heavy atom. The minimum absolute atomic E-state index is 0.289. The number of hydrogen-bond acceptors (Lipinski definition) is 3. The van der Waals surface area contributed by atoms with Gasteiger partial charge in [0.25, 0.3) is 0 Å². The minimum atomic E-state index is -0.930. The van der Waals surface area contributed by atoms with Crippen molar-refractivity contribution < 1.29 is 9.90 Å². The number of halogens is 1. The van der Waals surface area contributed by atoms with E-state index < -0.39 is 5.97 Å². The number of aromatic carboxylic acids is 1. The molecule has 2 heterocycles. The molecule has 6 heteroatoms. The van der Waals surface area contributed by atoms with E-state index >= 15 is 0 Å². The van der Waals surface area contributed by atoms with Crippen LogP contribution in [0.2, 0.25) is 5.02 Å². The van der Waals surface area contributed by atoms with Crippen LogP contribution in [0, 0.1) is 6.92 Å². The number of nitrogens with zero attached hydrogens (tertiary/aromatic N) is 1. The van der Waals surface area contributed by atoms with E-state index in [1.807, 2.05) is 18.2 Å². The molecule has 1 saturated carbocycles. The highest BCUT2D eigenvalue weighted by atomic mass is 35.5. The summed E-state index contributed by atoms with van der Waals surface area (Å²) in [6, 6.07) is 5.99. The van der Waals surface area contributed by atoms with Crippen LogP contribution in [0.15, 0.2) is 18.2 Å². The second kappa shape index (κ2) is 5.90. The molecule has 0 aliphatic heterocycles. The van der Waals surface area contributed by atoms with Gasteiger partial charge in [-0.3, -0.25) is 0 Å². The summed E-state index contributed by atoms with van der Waals surface area (Å²) in [4.78, 5) is 19.4. The highest BCUT2D eigenvalue weighted by Crippen LogP contribution is 2.41. The van der Waals surface area contributed by atoms with Crippen LogP contribution in [0.1, 0.15) is 52.7 Å². The van der Waals surface area contributed by atoms with Gasteiger partial charge in [-0.15, -0.1) is 11.3 Å². The fraction of sp³-hybridized carbons (Fsp3) is 0.333. The number of hydrogen-bond donors (Lipinski definition) is 2.